The van der Waals surface area contributed by atoms with E-state index < -0.39 is 0 Å². The van der Waals surface area contributed by atoms with Crippen LogP contribution >= 0.6 is 0 Å². The normalized spacial score (nSPS) is 14.2. The molecule has 0 bridgehead atoms. The van der Waals surface area contributed by atoms with Gasteiger partial charge in [0.05, 0.1) is 6.54 Å². The van der Waals surface area contributed by atoms with E-state index in [4.69, 9.17) is 0 Å². The van der Waals surface area contributed by atoms with Crippen LogP contribution in [0.25, 0.3) is 0 Å². The van der Waals surface area contributed by atoms with Crippen molar-refractivity contribution in [2.24, 2.45) is 0 Å². The summed E-state index contributed by atoms with van der Waals surface area (Å²) in [5.41, 5.74) is 9.16. The van der Waals surface area contributed by atoms with E-state index in [0.717, 1.165) is 6.54 Å². The van der Waals surface area contributed by atoms with Gasteiger partial charge in [0.2, 0.25) is 0 Å². The largest absolute Gasteiger partial charge is 0.213 e. The number of quaternary nitrogens is 1. The minimum absolute atomic E-state index is 1.09. The number of aryl methyl sites for hydroxylation is 1. The fraction of sp³-hybridized carbons (Fsp3) is 0.400. The van der Waals surface area contributed by atoms with Crippen molar-refractivity contribution in [1.29, 1.82) is 0 Å². The van der Waals surface area contributed by atoms with Gasteiger partial charge >= 0.3 is 0 Å². The molecule has 0 fully saturated rings. The zero-order valence-electron chi connectivity index (χ0n) is 8.17. The molecule has 1 aromatic rings. The van der Waals surface area contributed by atoms with E-state index in [-0.39, 0.29) is 0 Å². The smallest absolute Gasteiger partial charge is 0.119 e. The van der Waals surface area contributed by atoms with E-state index in [1.807, 2.05) is 5.53 Å². The average Bonchev–Trinajstić information content (AvgIpc) is 2.49. The van der Waals surface area contributed by atoms with Crippen LogP contribution in [-0.2, 0) is 0 Å². The Morgan fingerprint density at radius 3 is 3.08 bits per heavy atom. The van der Waals surface area contributed by atoms with Crippen molar-refractivity contribution in [3.05, 3.63) is 23.8 Å². The summed E-state index contributed by atoms with van der Waals surface area (Å²) in [6, 6.07) is 6.49. The standard InChI is InChI=1S/C10H15N3/c1-3-6-13-10-7-8(2)4-5-9(10)11-12-13/h4-5,7,11-12H,3,6H2,1-2H3/p+1. The summed E-state index contributed by atoms with van der Waals surface area (Å²) >= 11 is 0. The second-order valence-electron chi connectivity index (χ2n) is 3.49. The first-order valence-electron chi connectivity index (χ1n) is 4.78. The first-order valence-corrected chi connectivity index (χ1v) is 4.78. The molecule has 0 saturated carbocycles. The predicted octanol–water partition coefficient (Wildman–Crippen LogP) is 1.03. The van der Waals surface area contributed by atoms with Gasteiger partial charge in [0.1, 0.15) is 11.4 Å². The molecular formula is C10H16N3+. The summed E-state index contributed by atoms with van der Waals surface area (Å²) < 4.78 is 0. The SMILES string of the molecule is CCCN1[NH2+]Nc2ccc(C)cc21. The van der Waals surface area contributed by atoms with Gasteiger partial charge in [-0.3, -0.25) is 0 Å². The number of hydrogen-bond acceptors (Lipinski definition) is 2. The van der Waals surface area contributed by atoms with Crippen LogP contribution in [0.3, 0.4) is 0 Å². The molecule has 3 heteroatoms. The fourth-order valence-corrected chi connectivity index (χ4v) is 1.64. The molecular weight excluding hydrogens is 162 g/mol. The number of anilines is 2. The maximum atomic E-state index is 3.26. The number of rotatable bonds is 2. The van der Waals surface area contributed by atoms with Crippen LogP contribution in [0, 0.1) is 6.92 Å². The van der Waals surface area contributed by atoms with E-state index in [0.29, 0.717) is 0 Å². The molecule has 1 aromatic carbocycles. The van der Waals surface area contributed by atoms with Gasteiger partial charge in [0.15, 0.2) is 0 Å². The summed E-state index contributed by atoms with van der Waals surface area (Å²) in [7, 11) is 0. The van der Waals surface area contributed by atoms with Crippen LogP contribution < -0.4 is 16.0 Å². The Bertz CT molecular complexity index is 307. The van der Waals surface area contributed by atoms with Gasteiger partial charge in [-0.15, -0.1) is 5.53 Å². The molecule has 0 spiro atoms. The van der Waals surface area contributed by atoms with Crippen molar-refractivity contribution in [1.82, 2.24) is 0 Å². The van der Waals surface area contributed by atoms with E-state index in [2.05, 4.69) is 42.5 Å². The van der Waals surface area contributed by atoms with Crippen LogP contribution in [0.15, 0.2) is 18.2 Å². The lowest BCUT2D eigenvalue weighted by molar-refractivity contribution is -0.631. The topological polar surface area (TPSA) is 31.9 Å². The van der Waals surface area contributed by atoms with E-state index >= 15 is 0 Å². The highest BCUT2D eigenvalue weighted by atomic mass is 15.7. The summed E-state index contributed by atoms with van der Waals surface area (Å²) in [5, 5.41) is 2.27. The predicted molar refractivity (Wildman–Crippen MR) is 54.4 cm³/mol. The summed E-state index contributed by atoms with van der Waals surface area (Å²) in [6.45, 7) is 5.41. The number of benzene rings is 1. The van der Waals surface area contributed by atoms with Crippen molar-refractivity contribution < 1.29 is 5.53 Å². The third kappa shape index (κ3) is 1.47. The molecule has 13 heavy (non-hydrogen) atoms. The number of nitrogens with one attached hydrogen (secondary N) is 1. The van der Waals surface area contributed by atoms with Gasteiger partial charge in [-0.2, -0.15) is 0 Å². The third-order valence-electron chi connectivity index (χ3n) is 2.30. The monoisotopic (exact) mass is 178 g/mol. The Hall–Kier alpha value is -1.22. The average molecular weight is 178 g/mol. The lowest BCUT2D eigenvalue weighted by atomic mass is 10.2. The second kappa shape index (κ2) is 3.26. The van der Waals surface area contributed by atoms with E-state index in [9.17, 15) is 0 Å². The molecule has 0 saturated heterocycles. The Kier molecular flexibility index (Phi) is 2.10. The van der Waals surface area contributed by atoms with E-state index in [1.54, 1.807) is 0 Å². The van der Waals surface area contributed by atoms with Gasteiger partial charge in [0, 0.05) is 0 Å². The second-order valence-corrected chi connectivity index (χ2v) is 3.49. The van der Waals surface area contributed by atoms with Crippen LogP contribution in [0.1, 0.15) is 18.9 Å². The molecule has 0 aliphatic carbocycles. The molecule has 2 rings (SSSR count). The van der Waals surface area contributed by atoms with E-state index in [1.165, 1.54) is 23.4 Å². The molecule has 0 atom stereocenters. The first kappa shape index (κ1) is 8.38. The number of nitrogen functional groups attached to an aromatic ring is 1. The molecule has 0 radical (unpaired) electrons. The van der Waals surface area contributed by atoms with Crippen molar-refractivity contribution in [2.45, 2.75) is 20.3 Å². The first-order chi connectivity index (χ1) is 6.31. The number of nitrogens with zero attached hydrogens (tertiary/aromatic N) is 1. The number of hydrogen-bond donors (Lipinski definition) is 2. The molecule has 1 aliphatic heterocycles. The molecule has 1 aliphatic rings. The minimum atomic E-state index is 1.09. The van der Waals surface area contributed by atoms with Gasteiger partial charge < -0.3 is 0 Å². The van der Waals surface area contributed by atoms with Crippen molar-refractivity contribution >= 4 is 11.4 Å². The van der Waals surface area contributed by atoms with Crippen molar-refractivity contribution in [3.8, 4) is 0 Å². The zero-order chi connectivity index (χ0) is 9.26. The highest BCUT2D eigenvalue weighted by Gasteiger charge is 2.20. The maximum Gasteiger partial charge on any atom is 0.119 e. The minimum Gasteiger partial charge on any atom is -0.213 e. The molecule has 3 N–H and O–H groups in total. The molecule has 1 heterocycles. The number of fused-ring (bicyclic) bond motifs is 1. The number of nitrogens with two attached hydrogens (primary N) is 1. The van der Waals surface area contributed by atoms with Crippen molar-refractivity contribution in [2.75, 3.05) is 17.0 Å². The Balaban J connectivity index is 2.29. The molecule has 0 unspecified atom stereocenters. The van der Waals surface area contributed by atoms with Crippen LogP contribution in [0.2, 0.25) is 0 Å². The highest BCUT2D eigenvalue weighted by molar-refractivity contribution is 5.70. The fourth-order valence-electron chi connectivity index (χ4n) is 1.64. The molecule has 70 valence electrons. The van der Waals surface area contributed by atoms with Gasteiger partial charge in [-0.1, -0.05) is 13.0 Å². The summed E-state index contributed by atoms with van der Waals surface area (Å²) in [6.07, 6.45) is 1.17. The summed E-state index contributed by atoms with van der Waals surface area (Å²) in [4.78, 5) is 0. The maximum absolute atomic E-state index is 3.26. The molecule has 3 nitrogen and oxygen atoms in total. The third-order valence-corrected chi connectivity index (χ3v) is 2.30. The van der Waals surface area contributed by atoms with Crippen LogP contribution in [0.4, 0.5) is 11.4 Å². The highest BCUT2D eigenvalue weighted by Crippen LogP contribution is 2.26. The Morgan fingerprint density at radius 2 is 2.31 bits per heavy atom. The van der Waals surface area contributed by atoms with Gasteiger partial charge in [-0.05, 0) is 31.0 Å². The molecule has 0 aromatic heterocycles. The lowest BCUT2D eigenvalue weighted by Crippen LogP contribution is -2.95. The van der Waals surface area contributed by atoms with Crippen LogP contribution in [0.5, 0.6) is 0 Å². The zero-order valence-corrected chi connectivity index (χ0v) is 8.17. The lowest BCUT2D eigenvalue weighted by Gasteiger charge is -2.11. The van der Waals surface area contributed by atoms with Crippen LogP contribution in [-0.4, -0.2) is 6.54 Å². The molecule has 0 amide bonds. The van der Waals surface area contributed by atoms with Crippen molar-refractivity contribution in [3.63, 3.8) is 0 Å². The summed E-state index contributed by atoms with van der Waals surface area (Å²) in [5.74, 6) is 0. The Labute approximate surface area is 78.7 Å². The van der Waals surface area contributed by atoms with Gasteiger partial charge in [0.25, 0.3) is 0 Å². The quantitative estimate of drug-likeness (QED) is 0.663. The Morgan fingerprint density at radius 1 is 1.46 bits per heavy atom. The van der Waals surface area contributed by atoms with Gasteiger partial charge in [-0.25, -0.2) is 10.4 Å².